The molecule has 0 spiro atoms. The molecule has 0 aliphatic carbocycles. The normalized spacial score (nSPS) is 17.0. The Morgan fingerprint density at radius 3 is 2.40 bits per heavy atom. The Labute approximate surface area is 156 Å². The van der Waals surface area contributed by atoms with Crippen LogP contribution in [0.4, 0.5) is 11.4 Å². The zero-order valence-corrected chi connectivity index (χ0v) is 15.5. The number of aryl methyl sites for hydroxylation is 2. The SMILES string of the molecule is Cc1cc(C)cc(N2C[C@H](C(=O)Nc3ccc(Cl)c(Cl)c3)CC2=O)c1. The molecule has 0 unspecified atom stereocenters. The highest BCUT2D eigenvalue weighted by Crippen LogP contribution is 2.29. The van der Waals surface area contributed by atoms with Crippen LogP contribution < -0.4 is 10.2 Å². The first-order chi connectivity index (χ1) is 11.8. The first-order valence-electron chi connectivity index (χ1n) is 7.98. The van der Waals surface area contributed by atoms with Gasteiger partial charge >= 0.3 is 0 Å². The highest BCUT2D eigenvalue weighted by molar-refractivity contribution is 6.42. The van der Waals surface area contributed by atoms with Gasteiger partial charge in [-0.15, -0.1) is 0 Å². The number of amides is 2. The van der Waals surface area contributed by atoms with Gasteiger partial charge in [-0.05, 0) is 55.3 Å². The quantitative estimate of drug-likeness (QED) is 0.850. The monoisotopic (exact) mass is 376 g/mol. The van der Waals surface area contributed by atoms with Crippen molar-refractivity contribution in [2.24, 2.45) is 5.92 Å². The minimum atomic E-state index is -0.400. The molecule has 6 heteroatoms. The van der Waals surface area contributed by atoms with E-state index in [1.807, 2.05) is 26.0 Å². The number of carbonyl (C=O) groups excluding carboxylic acids is 2. The summed E-state index contributed by atoms with van der Waals surface area (Å²) < 4.78 is 0. The maximum Gasteiger partial charge on any atom is 0.229 e. The minimum Gasteiger partial charge on any atom is -0.326 e. The van der Waals surface area contributed by atoms with Crippen molar-refractivity contribution in [3.63, 3.8) is 0 Å². The van der Waals surface area contributed by atoms with Crippen molar-refractivity contribution in [1.29, 1.82) is 0 Å². The standard InChI is InChI=1S/C19H18Cl2N2O2/c1-11-5-12(2)7-15(6-11)23-10-13(8-18(23)24)19(25)22-14-3-4-16(20)17(21)9-14/h3-7,9,13H,8,10H2,1-2H3,(H,22,25)/t13-/m1/s1. The van der Waals surface area contributed by atoms with Gasteiger partial charge in [0.25, 0.3) is 0 Å². The topological polar surface area (TPSA) is 49.4 Å². The lowest BCUT2D eigenvalue weighted by Crippen LogP contribution is -2.28. The summed E-state index contributed by atoms with van der Waals surface area (Å²) in [7, 11) is 0. The molecule has 0 saturated carbocycles. The van der Waals surface area contributed by atoms with Crippen LogP contribution in [0.15, 0.2) is 36.4 Å². The van der Waals surface area contributed by atoms with Gasteiger partial charge in [-0.3, -0.25) is 9.59 Å². The van der Waals surface area contributed by atoms with E-state index < -0.39 is 5.92 Å². The van der Waals surface area contributed by atoms with Gasteiger partial charge in [-0.1, -0.05) is 29.3 Å². The molecule has 1 aliphatic rings. The largest absolute Gasteiger partial charge is 0.326 e. The van der Waals surface area contributed by atoms with Crippen LogP contribution in [0.1, 0.15) is 17.5 Å². The van der Waals surface area contributed by atoms with Crippen molar-refractivity contribution in [2.45, 2.75) is 20.3 Å². The molecular weight excluding hydrogens is 359 g/mol. The minimum absolute atomic E-state index is 0.0423. The maximum absolute atomic E-state index is 12.5. The van der Waals surface area contributed by atoms with E-state index in [4.69, 9.17) is 23.2 Å². The summed E-state index contributed by atoms with van der Waals surface area (Å²) in [6.07, 6.45) is 0.195. The van der Waals surface area contributed by atoms with Crippen molar-refractivity contribution in [2.75, 3.05) is 16.8 Å². The van der Waals surface area contributed by atoms with E-state index in [1.54, 1.807) is 23.1 Å². The van der Waals surface area contributed by atoms with Crippen molar-refractivity contribution in [3.8, 4) is 0 Å². The molecule has 0 bridgehead atoms. The zero-order valence-electron chi connectivity index (χ0n) is 14.0. The molecule has 0 radical (unpaired) electrons. The van der Waals surface area contributed by atoms with Crippen LogP contribution in [-0.4, -0.2) is 18.4 Å². The average molecular weight is 377 g/mol. The van der Waals surface area contributed by atoms with Crippen molar-refractivity contribution in [3.05, 3.63) is 57.6 Å². The lowest BCUT2D eigenvalue weighted by molar-refractivity contribution is -0.122. The first kappa shape index (κ1) is 17.8. The van der Waals surface area contributed by atoms with Crippen molar-refractivity contribution < 1.29 is 9.59 Å². The van der Waals surface area contributed by atoms with Crippen molar-refractivity contribution >= 4 is 46.4 Å². The lowest BCUT2D eigenvalue weighted by Gasteiger charge is -2.18. The Morgan fingerprint density at radius 1 is 1.08 bits per heavy atom. The van der Waals surface area contributed by atoms with Gasteiger partial charge in [0, 0.05) is 24.3 Å². The van der Waals surface area contributed by atoms with Crippen LogP contribution in [0.3, 0.4) is 0 Å². The highest BCUT2D eigenvalue weighted by atomic mass is 35.5. The second-order valence-corrected chi connectivity index (χ2v) is 7.18. The Hall–Kier alpha value is -2.04. The number of nitrogens with one attached hydrogen (secondary N) is 1. The Morgan fingerprint density at radius 2 is 1.76 bits per heavy atom. The summed E-state index contributed by atoms with van der Waals surface area (Å²) in [5, 5.41) is 3.61. The predicted octanol–water partition coefficient (Wildman–Crippen LogP) is 4.60. The molecule has 1 aliphatic heterocycles. The van der Waals surface area contributed by atoms with Gasteiger partial charge in [0.05, 0.1) is 16.0 Å². The van der Waals surface area contributed by atoms with E-state index in [0.29, 0.717) is 22.3 Å². The molecule has 1 atom stereocenters. The first-order valence-corrected chi connectivity index (χ1v) is 8.73. The zero-order chi connectivity index (χ0) is 18.1. The second kappa shape index (κ2) is 7.06. The fourth-order valence-corrected chi connectivity index (χ4v) is 3.36. The van der Waals surface area contributed by atoms with Crippen LogP contribution in [0.2, 0.25) is 10.0 Å². The van der Waals surface area contributed by atoms with Crippen LogP contribution in [0, 0.1) is 19.8 Å². The molecule has 25 heavy (non-hydrogen) atoms. The third kappa shape index (κ3) is 3.97. The third-order valence-corrected chi connectivity index (χ3v) is 4.94. The van der Waals surface area contributed by atoms with Crippen LogP contribution in [0.25, 0.3) is 0 Å². The Kier molecular flexibility index (Phi) is 5.02. The second-order valence-electron chi connectivity index (χ2n) is 6.37. The van der Waals surface area contributed by atoms with Gasteiger partial charge < -0.3 is 10.2 Å². The van der Waals surface area contributed by atoms with Crippen LogP contribution >= 0.6 is 23.2 Å². The molecular formula is C19H18Cl2N2O2. The molecule has 130 valence electrons. The number of nitrogens with zero attached hydrogens (tertiary/aromatic N) is 1. The summed E-state index contributed by atoms with van der Waals surface area (Å²) in [5.41, 5.74) is 3.59. The number of anilines is 2. The van der Waals surface area contributed by atoms with Gasteiger partial charge in [-0.2, -0.15) is 0 Å². The van der Waals surface area contributed by atoms with Gasteiger partial charge in [0.15, 0.2) is 0 Å². The third-order valence-electron chi connectivity index (χ3n) is 4.20. The summed E-state index contributed by atoms with van der Waals surface area (Å²) >= 11 is 11.8. The number of benzene rings is 2. The molecule has 2 amide bonds. The van der Waals surface area contributed by atoms with Crippen LogP contribution in [-0.2, 0) is 9.59 Å². The molecule has 1 N–H and O–H groups in total. The number of hydrogen-bond acceptors (Lipinski definition) is 2. The molecule has 1 heterocycles. The van der Waals surface area contributed by atoms with Gasteiger partial charge in [0.1, 0.15) is 0 Å². The maximum atomic E-state index is 12.5. The highest BCUT2D eigenvalue weighted by Gasteiger charge is 2.35. The summed E-state index contributed by atoms with van der Waals surface area (Å²) in [6, 6.07) is 10.9. The van der Waals surface area contributed by atoms with Gasteiger partial charge in [0.2, 0.25) is 11.8 Å². The lowest BCUT2D eigenvalue weighted by atomic mass is 10.1. The van der Waals surface area contributed by atoms with E-state index in [9.17, 15) is 9.59 Å². The summed E-state index contributed by atoms with van der Waals surface area (Å²) in [5.74, 6) is -0.638. The number of carbonyl (C=O) groups is 2. The van der Waals surface area contributed by atoms with E-state index in [2.05, 4.69) is 11.4 Å². The molecule has 0 aromatic heterocycles. The molecule has 4 nitrogen and oxygen atoms in total. The van der Waals surface area contributed by atoms with E-state index in [0.717, 1.165) is 16.8 Å². The van der Waals surface area contributed by atoms with Crippen LogP contribution in [0.5, 0.6) is 0 Å². The molecule has 2 aromatic carbocycles. The smallest absolute Gasteiger partial charge is 0.229 e. The van der Waals surface area contributed by atoms with E-state index in [1.165, 1.54) is 0 Å². The fraction of sp³-hybridized carbons (Fsp3) is 0.263. The Balaban J connectivity index is 1.73. The summed E-state index contributed by atoms with van der Waals surface area (Å²) in [4.78, 5) is 26.6. The average Bonchev–Trinajstić information content (AvgIpc) is 2.92. The molecule has 1 saturated heterocycles. The molecule has 1 fully saturated rings. The van der Waals surface area contributed by atoms with Crippen molar-refractivity contribution in [1.82, 2.24) is 0 Å². The van der Waals surface area contributed by atoms with E-state index in [-0.39, 0.29) is 18.2 Å². The van der Waals surface area contributed by atoms with Gasteiger partial charge in [-0.25, -0.2) is 0 Å². The predicted molar refractivity (Wildman–Crippen MR) is 101 cm³/mol. The molecule has 3 rings (SSSR count). The number of halogens is 2. The number of rotatable bonds is 3. The van der Waals surface area contributed by atoms with E-state index >= 15 is 0 Å². The Bertz CT molecular complexity index is 831. The summed E-state index contributed by atoms with van der Waals surface area (Å²) in [6.45, 7) is 4.35. The number of hydrogen-bond donors (Lipinski definition) is 1. The molecule has 2 aromatic rings. The fourth-order valence-electron chi connectivity index (χ4n) is 3.06.